The van der Waals surface area contributed by atoms with E-state index in [1.54, 1.807) is 18.5 Å². The Bertz CT molecular complexity index is 1130. The molecule has 1 unspecified atom stereocenters. The maximum absolute atomic E-state index is 6.18. The molecule has 3 heterocycles. The summed E-state index contributed by atoms with van der Waals surface area (Å²) >= 11 is 6.18. The lowest BCUT2D eigenvalue weighted by Crippen LogP contribution is -2.19. The van der Waals surface area contributed by atoms with Gasteiger partial charge < -0.3 is 16.4 Å². The van der Waals surface area contributed by atoms with Gasteiger partial charge in [-0.1, -0.05) is 23.7 Å². The number of fused-ring (bicyclic) bond motifs is 1. The van der Waals surface area contributed by atoms with Gasteiger partial charge in [-0.05, 0) is 43.8 Å². The number of rotatable bonds is 7. The molecular weight excluding hydrogens is 390 g/mol. The number of H-pyrrole nitrogens is 1. The molecule has 0 aliphatic heterocycles. The third kappa shape index (κ3) is 4.25. The molecule has 1 atom stereocenters. The molecule has 5 N–H and O–H groups in total. The SMILES string of the molecule is CNCCC(Nc1nccc(-c2[nH]nc3nc(N)ncc23)n1)c1cccc(Cl)c1. The van der Waals surface area contributed by atoms with Gasteiger partial charge in [-0.15, -0.1) is 0 Å². The molecule has 0 saturated heterocycles. The summed E-state index contributed by atoms with van der Waals surface area (Å²) in [5.74, 6) is 0.678. The maximum Gasteiger partial charge on any atom is 0.223 e. The minimum atomic E-state index is -0.00181. The first-order chi connectivity index (χ1) is 14.1. The van der Waals surface area contributed by atoms with E-state index < -0.39 is 0 Å². The normalized spacial score (nSPS) is 12.2. The van der Waals surface area contributed by atoms with Gasteiger partial charge in [0.05, 0.1) is 22.8 Å². The van der Waals surface area contributed by atoms with Gasteiger partial charge in [0.2, 0.25) is 11.9 Å². The van der Waals surface area contributed by atoms with E-state index in [2.05, 4.69) is 40.8 Å². The van der Waals surface area contributed by atoms with E-state index in [0.717, 1.165) is 23.9 Å². The van der Waals surface area contributed by atoms with Crippen molar-refractivity contribution in [3.63, 3.8) is 0 Å². The van der Waals surface area contributed by atoms with Crippen LogP contribution in [0.1, 0.15) is 18.0 Å². The van der Waals surface area contributed by atoms with Gasteiger partial charge >= 0.3 is 0 Å². The highest BCUT2D eigenvalue weighted by atomic mass is 35.5. The quantitative estimate of drug-likeness (QED) is 0.366. The maximum atomic E-state index is 6.18. The van der Waals surface area contributed by atoms with Crippen molar-refractivity contribution < 1.29 is 0 Å². The number of anilines is 2. The fourth-order valence-electron chi connectivity index (χ4n) is 3.07. The zero-order valence-electron chi connectivity index (χ0n) is 15.7. The van der Waals surface area contributed by atoms with Crippen molar-refractivity contribution in [1.82, 2.24) is 35.5 Å². The van der Waals surface area contributed by atoms with Crippen LogP contribution < -0.4 is 16.4 Å². The number of nitrogens with zero attached hydrogens (tertiary/aromatic N) is 5. The second-order valence-electron chi connectivity index (χ2n) is 6.47. The number of nitrogens with one attached hydrogen (secondary N) is 3. The van der Waals surface area contributed by atoms with Crippen LogP contribution in [0.4, 0.5) is 11.9 Å². The van der Waals surface area contributed by atoms with Crippen LogP contribution in [0.15, 0.2) is 42.7 Å². The number of nitrogen functional groups attached to an aromatic ring is 1. The van der Waals surface area contributed by atoms with Crippen molar-refractivity contribution in [1.29, 1.82) is 0 Å². The number of hydrogen-bond acceptors (Lipinski definition) is 8. The molecule has 29 heavy (non-hydrogen) atoms. The van der Waals surface area contributed by atoms with E-state index in [9.17, 15) is 0 Å². The Morgan fingerprint density at radius 3 is 2.93 bits per heavy atom. The summed E-state index contributed by atoms with van der Waals surface area (Å²) in [6.45, 7) is 0.827. The second kappa shape index (κ2) is 8.38. The Morgan fingerprint density at radius 1 is 1.21 bits per heavy atom. The van der Waals surface area contributed by atoms with Crippen LogP contribution in [0.25, 0.3) is 22.4 Å². The molecule has 0 aliphatic carbocycles. The molecule has 10 heteroatoms. The van der Waals surface area contributed by atoms with Gasteiger partial charge in [-0.3, -0.25) is 5.10 Å². The molecule has 4 rings (SSSR count). The van der Waals surface area contributed by atoms with Crippen molar-refractivity contribution in [2.75, 3.05) is 24.6 Å². The average molecular weight is 410 g/mol. The van der Waals surface area contributed by atoms with E-state index in [-0.39, 0.29) is 12.0 Å². The Morgan fingerprint density at radius 2 is 2.10 bits per heavy atom. The summed E-state index contributed by atoms with van der Waals surface area (Å²) < 4.78 is 0. The Hall–Kier alpha value is -3.30. The lowest BCUT2D eigenvalue weighted by atomic mass is 10.0. The molecule has 4 aromatic rings. The number of halogens is 1. The van der Waals surface area contributed by atoms with Crippen LogP contribution in [0.2, 0.25) is 5.02 Å². The van der Waals surface area contributed by atoms with Crippen LogP contribution in [0, 0.1) is 0 Å². The minimum absolute atomic E-state index is 0.00181. The summed E-state index contributed by atoms with van der Waals surface area (Å²) in [7, 11) is 1.92. The van der Waals surface area contributed by atoms with Gasteiger partial charge in [0, 0.05) is 17.4 Å². The second-order valence-corrected chi connectivity index (χ2v) is 6.91. The highest BCUT2D eigenvalue weighted by Gasteiger charge is 2.15. The molecule has 1 aromatic carbocycles. The first-order valence-electron chi connectivity index (χ1n) is 9.10. The van der Waals surface area contributed by atoms with Crippen molar-refractivity contribution in [3.8, 4) is 11.4 Å². The highest BCUT2D eigenvalue weighted by molar-refractivity contribution is 6.30. The van der Waals surface area contributed by atoms with Crippen molar-refractivity contribution >= 4 is 34.5 Å². The van der Waals surface area contributed by atoms with Crippen molar-refractivity contribution in [2.24, 2.45) is 0 Å². The zero-order valence-corrected chi connectivity index (χ0v) is 16.5. The van der Waals surface area contributed by atoms with Crippen LogP contribution in [0.5, 0.6) is 0 Å². The van der Waals surface area contributed by atoms with E-state index in [4.69, 9.17) is 17.3 Å². The fourth-order valence-corrected chi connectivity index (χ4v) is 3.27. The van der Waals surface area contributed by atoms with Crippen LogP contribution in [0.3, 0.4) is 0 Å². The van der Waals surface area contributed by atoms with Crippen molar-refractivity contribution in [2.45, 2.75) is 12.5 Å². The van der Waals surface area contributed by atoms with Gasteiger partial charge in [0.25, 0.3) is 0 Å². The molecule has 0 fully saturated rings. The first-order valence-corrected chi connectivity index (χ1v) is 9.48. The summed E-state index contributed by atoms with van der Waals surface area (Å²) in [5, 5.41) is 15.2. The number of benzene rings is 1. The highest BCUT2D eigenvalue weighted by Crippen LogP contribution is 2.26. The molecule has 0 saturated carbocycles. The van der Waals surface area contributed by atoms with Crippen LogP contribution in [-0.4, -0.2) is 43.7 Å². The summed E-state index contributed by atoms with van der Waals surface area (Å²) in [5.41, 5.74) is 8.58. The molecule has 0 aliphatic rings. The van der Waals surface area contributed by atoms with Crippen molar-refractivity contribution in [3.05, 3.63) is 53.3 Å². The van der Waals surface area contributed by atoms with Crippen LogP contribution in [-0.2, 0) is 0 Å². The largest absolute Gasteiger partial charge is 0.368 e. The van der Waals surface area contributed by atoms with Crippen LogP contribution >= 0.6 is 11.6 Å². The number of aromatic nitrogens is 6. The summed E-state index contributed by atoms with van der Waals surface area (Å²) in [4.78, 5) is 17.2. The third-order valence-electron chi connectivity index (χ3n) is 4.48. The Kier molecular flexibility index (Phi) is 5.50. The molecule has 148 valence electrons. The predicted molar refractivity (Wildman–Crippen MR) is 113 cm³/mol. The molecule has 0 bridgehead atoms. The minimum Gasteiger partial charge on any atom is -0.368 e. The van der Waals surface area contributed by atoms with E-state index in [1.165, 1.54) is 0 Å². The summed E-state index contributed by atoms with van der Waals surface area (Å²) in [6, 6.07) is 9.58. The molecule has 0 spiro atoms. The third-order valence-corrected chi connectivity index (χ3v) is 4.71. The average Bonchev–Trinajstić information content (AvgIpc) is 3.14. The number of aromatic amines is 1. The number of nitrogens with two attached hydrogens (primary N) is 1. The predicted octanol–water partition coefficient (Wildman–Crippen LogP) is 2.81. The molecule has 0 radical (unpaired) electrons. The van der Waals surface area contributed by atoms with Gasteiger partial charge in [0.15, 0.2) is 5.65 Å². The van der Waals surface area contributed by atoms with E-state index >= 15 is 0 Å². The molecule has 0 amide bonds. The molecule has 9 nitrogen and oxygen atoms in total. The van der Waals surface area contributed by atoms with Gasteiger partial charge in [-0.25, -0.2) is 15.0 Å². The topological polar surface area (TPSA) is 130 Å². The standard InChI is InChI=1S/C19H20ClN9/c1-22-7-5-14(11-3-2-4-12(20)9-11)25-19-23-8-6-15(26-19)16-13-10-24-18(21)27-17(13)29-28-16/h2-4,6,8-10,14,22H,5,7H2,1H3,(H,23,25,26)(H3,21,24,27,28,29). The smallest absolute Gasteiger partial charge is 0.223 e. The molecule has 3 aromatic heterocycles. The monoisotopic (exact) mass is 409 g/mol. The van der Waals surface area contributed by atoms with Gasteiger partial charge in [0.1, 0.15) is 0 Å². The Balaban J connectivity index is 1.64. The number of hydrogen-bond donors (Lipinski definition) is 4. The van der Waals surface area contributed by atoms with Gasteiger partial charge in [-0.2, -0.15) is 10.1 Å². The van der Waals surface area contributed by atoms with E-state index in [1.807, 2.05) is 31.3 Å². The fraction of sp³-hybridized carbons (Fsp3) is 0.211. The zero-order chi connectivity index (χ0) is 20.2. The lowest BCUT2D eigenvalue weighted by molar-refractivity contribution is 0.642. The Labute approximate surface area is 172 Å². The lowest BCUT2D eigenvalue weighted by Gasteiger charge is -2.19. The summed E-state index contributed by atoms with van der Waals surface area (Å²) in [6.07, 6.45) is 4.17. The first kappa shape index (κ1) is 19.0. The van der Waals surface area contributed by atoms with E-state index in [0.29, 0.717) is 28.0 Å². The molecular formula is C19H20ClN9.